The summed E-state index contributed by atoms with van der Waals surface area (Å²) in [7, 11) is 0. The van der Waals surface area contributed by atoms with Crippen molar-refractivity contribution in [3.05, 3.63) is 42.5 Å². The molecular formula is C19H22N2OS. The highest BCUT2D eigenvalue weighted by atomic mass is 32.2. The van der Waals surface area contributed by atoms with Crippen LogP contribution in [0.1, 0.15) is 25.7 Å². The SMILES string of the molecule is O=C(CSc1ccc2ccccc2c1)NC1CC2CCC(C1)N2. The van der Waals surface area contributed by atoms with Gasteiger partial charge >= 0.3 is 0 Å². The predicted octanol–water partition coefficient (Wildman–Crippen LogP) is 3.33. The van der Waals surface area contributed by atoms with Crippen molar-refractivity contribution in [2.24, 2.45) is 0 Å². The zero-order chi connectivity index (χ0) is 15.6. The van der Waals surface area contributed by atoms with Gasteiger partial charge < -0.3 is 10.6 Å². The van der Waals surface area contributed by atoms with Crippen LogP contribution in [0.3, 0.4) is 0 Å². The number of thioether (sulfide) groups is 1. The highest BCUT2D eigenvalue weighted by molar-refractivity contribution is 8.00. The van der Waals surface area contributed by atoms with Crippen molar-refractivity contribution in [1.29, 1.82) is 0 Å². The number of hydrogen-bond acceptors (Lipinski definition) is 3. The lowest BCUT2D eigenvalue weighted by Gasteiger charge is -2.29. The summed E-state index contributed by atoms with van der Waals surface area (Å²) in [6, 6.07) is 16.3. The number of benzene rings is 2. The number of carbonyl (C=O) groups is 1. The van der Waals surface area contributed by atoms with E-state index in [0.717, 1.165) is 17.7 Å². The van der Waals surface area contributed by atoms with Crippen LogP contribution in [0, 0.1) is 0 Å². The Morgan fingerprint density at radius 3 is 2.61 bits per heavy atom. The zero-order valence-corrected chi connectivity index (χ0v) is 13.9. The van der Waals surface area contributed by atoms with E-state index < -0.39 is 0 Å². The van der Waals surface area contributed by atoms with Gasteiger partial charge in [-0.3, -0.25) is 4.79 Å². The molecule has 2 saturated heterocycles. The fraction of sp³-hybridized carbons (Fsp3) is 0.421. The highest BCUT2D eigenvalue weighted by Crippen LogP contribution is 2.27. The first-order valence-electron chi connectivity index (χ1n) is 8.43. The lowest BCUT2D eigenvalue weighted by molar-refractivity contribution is -0.119. The van der Waals surface area contributed by atoms with Gasteiger partial charge in [-0.1, -0.05) is 30.3 Å². The van der Waals surface area contributed by atoms with Crippen molar-refractivity contribution < 1.29 is 4.79 Å². The molecule has 1 amide bonds. The summed E-state index contributed by atoms with van der Waals surface area (Å²) < 4.78 is 0. The van der Waals surface area contributed by atoms with Gasteiger partial charge in [0, 0.05) is 23.0 Å². The number of rotatable bonds is 4. The molecule has 2 aliphatic heterocycles. The molecule has 2 fully saturated rings. The highest BCUT2D eigenvalue weighted by Gasteiger charge is 2.33. The normalized spacial score (nSPS) is 26.3. The maximum atomic E-state index is 12.2. The van der Waals surface area contributed by atoms with Crippen LogP contribution in [0.15, 0.2) is 47.4 Å². The second kappa shape index (κ2) is 6.54. The fourth-order valence-corrected chi connectivity index (χ4v) is 4.61. The first-order chi connectivity index (χ1) is 11.3. The summed E-state index contributed by atoms with van der Waals surface area (Å²) in [5.41, 5.74) is 0. The van der Waals surface area contributed by atoms with E-state index in [4.69, 9.17) is 0 Å². The molecule has 2 unspecified atom stereocenters. The number of amides is 1. The molecule has 2 aromatic rings. The average Bonchev–Trinajstić information content (AvgIpc) is 2.91. The summed E-state index contributed by atoms with van der Waals surface area (Å²) in [4.78, 5) is 13.4. The minimum absolute atomic E-state index is 0.162. The first kappa shape index (κ1) is 15.0. The van der Waals surface area contributed by atoms with Crippen LogP contribution in [0.5, 0.6) is 0 Å². The van der Waals surface area contributed by atoms with E-state index in [9.17, 15) is 4.79 Å². The lowest BCUT2D eigenvalue weighted by Crippen LogP contribution is -2.48. The van der Waals surface area contributed by atoms with Crippen LogP contribution in [0.2, 0.25) is 0 Å². The second-order valence-electron chi connectivity index (χ2n) is 6.67. The third-order valence-electron chi connectivity index (χ3n) is 4.93. The van der Waals surface area contributed by atoms with Gasteiger partial charge in [-0.2, -0.15) is 0 Å². The maximum absolute atomic E-state index is 12.2. The van der Waals surface area contributed by atoms with Gasteiger partial charge in [-0.15, -0.1) is 11.8 Å². The molecule has 2 bridgehead atoms. The molecule has 2 N–H and O–H groups in total. The molecular weight excluding hydrogens is 304 g/mol. The van der Waals surface area contributed by atoms with E-state index >= 15 is 0 Å². The minimum atomic E-state index is 0.162. The predicted molar refractivity (Wildman–Crippen MR) is 95.8 cm³/mol. The minimum Gasteiger partial charge on any atom is -0.353 e. The largest absolute Gasteiger partial charge is 0.353 e. The summed E-state index contributed by atoms with van der Waals surface area (Å²) in [6.45, 7) is 0. The standard InChI is InChI=1S/C19H22N2OS/c22-19(21-17-10-15-6-7-16(11-17)20-15)12-23-18-8-5-13-3-1-2-4-14(13)9-18/h1-5,8-9,15-17,20H,6-7,10-12H2,(H,21,22). The summed E-state index contributed by atoms with van der Waals surface area (Å²) in [6.07, 6.45) is 4.71. The number of nitrogens with one attached hydrogen (secondary N) is 2. The quantitative estimate of drug-likeness (QED) is 0.847. The molecule has 2 aromatic carbocycles. The number of piperidine rings is 1. The Morgan fingerprint density at radius 1 is 1.09 bits per heavy atom. The van der Waals surface area contributed by atoms with Gasteiger partial charge in [0.25, 0.3) is 0 Å². The maximum Gasteiger partial charge on any atom is 0.230 e. The van der Waals surface area contributed by atoms with Crippen molar-refractivity contribution in [2.45, 2.75) is 48.7 Å². The van der Waals surface area contributed by atoms with E-state index in [0.29, 0.717) is 23.9 Å². The lowest BCUT2D eigenvalue weighted by atomic mass is 10.00. The van der Waals surface area contributed by atoms with E-state index in [1.807, 2.05) is 0 Å². The number of hydrogen-bond donors (Lipinski definition) is 2. The van der Waals surface area contributed by atoms with Gasteiger partial charge in [-0.05, 0) is 48.6 Å². The Morgan fingerprint density at radius 2 is 1.83 bits per heavy atom. The molecule has 2 atom stereocenters. The Labute approximate surface area is 141 Å². The van der Waals surface area contributed by atoms with E-state index in [2.05, 4.69) is 53.1 Å². The monoisotopic (exact) mass is 326 g/mol. The van der Waals surface area contributed by atoms with Crippen molar-refractivity contribution in [2.75, 3.05) is 5.75 Å². The van der Waals surface area contributed by atoms with Crippen molar-refractivity contribution >= 4 is 28.4 Å². The molecule has 23 heavy (non-hydrogen) atoms. The van der Waals surface area contributed by atoms with Crippen LogP contribution in [-0.2, 0) is 4.79 Å². The van der Waals surface area contributed by atoms with Gasteiger partial charge in [-0.25, -0.2) is 0 Å². The third kappa shape index (κ3) is 3.54. The molecule has 4 heteroatoms. The Balaban J connectivity index is 1.32. The van der Waals surface area contributed by atoms with Gasteiger partial charge in [0.1, 0.15) is 0 Å². The summed E-state index contributed by atoms with van der Waals surface area (Å²) >= 11 is 1.62. The number of fused-ring (bicyclic) bond motifs is 3. The molecule has 3 nitrogen and oxygen atoms in total. The zero-order valence-electron chi connectivity index (χ0n) is 13.1. The summed E-state index contributed by atoms with van der Waals surface area (Å²) in [5, 5.41) is 9.31. The molecule has 0 aliphatic carbocycles. The van der Waals surface area contributed by atoms with Crippen LogP contribution in [-0.4, -0.2) is 29.8 Å². The third-order valence-corrected chi connectivity index (χ3v) is 5.92. The first-order valence-corrected chi connectivity index (χ1v) is 9.42. The Bertz CT molecular complexity index is 705. The van der Waals surface area contributed by atoms with E-state index in [1.54, 1.807) is 11.8 Å². The molecule has 0 spiro atoms. The van der Waals surface area contributed by atoms with Crippen molar-refractivity contribution in [3.8, 4) is 0 Å². The molecule has 2 heterocycles. The van der Waals surface area contributed by atoms with Crippen molar-refractivity contribution in [1.82, 2.24) is 10.6 Å². The van der Waals surface area contributed by atoms with E-state index in [-0.39, 0.29) is 5.91 Å². The van der Waals surface area contributed by atoms with Crippen LogP contribution in [0.4, 0.5) is 0 Å². The fourth-order valence-electron chi connectivity index (χ4n) is 3.85. The topological polar surface area (TPSA) is 41.1 Å². The van der Waals surface area contributed by atoms with Crippen LogP contribution in [0.25, 0.3) is 10.8 Å². The smallest absolute Gasteiger partial charge is 0.230 e. The molecule has 2 aliphatic rings. The van der Waals surface area contributed by atoms with Crippen molar-refractivity contribution in [3.63, 3.8) is 0 Å². The van der Waals surface area contributed by atoms with Gasteiger partial charge in [0.15, 0.2) is 0 Å². The average molecular weight is 326 g/mol. The second-order valence-corrected chi connectivity index (χ2v) is 7.72. The van der Waals surface area contributed by atoms with Crippen LogP contribution < -0.4 is 10.6 Å². The van der Waals surface area contributed by atoms with Gasteiger partial charge in [0.2, 0.25) is 5.91 Å². The Hall–Kier alpha value is -1.52. The van der Waals surface area contributed by atoms with E-state index in [1.165, 1.54) is 23.6 Å². The summed E-state index contributed by atoms with van der Waals surface area (Å²) in [5.74, 6) is 0.659. The molecule has 4 rings (SSSR count). The molecule has 0 aromatic heterocycles. The Kier molecular flexibility index (Phi) is 4.27. The number of carbonyl (C=O) groups excluding carboxylic acids is 1. The molecule has 0 radical (unpaired) electrons. The molecule has 0 saturated carbocycles. The van der Waals surface area contributed by atoms with Gasteiger partial charge in [0.05, 0.1) is 5.75 Å². The van der Waals surface area contributed by atoms with Crippen LogP contribution >= 0.6 is 11.8 Å². The molecule has 120 valence electrons.